The fraction of sp³-hybridized carbons (Fsp3) is 0.417. The van der Waals surface area contributed by atoms with Gasteiger partial charge in [0.15, 0.2) is 0 Å². The van der Waals surface area contributed by atoms with E-state index in [1.165, 1.54) is 35.0 Å². The summed E-state index contributed by atoms with van der Waals surface area (Å²) in [5, 5.41) is 2.90. The molecule has 0 unspecified atom stereocenters. The number of aryl methyl sites for hydroxylation is 1. The van der Waals surface area contributed by atoms with Gasteiger partial charge in [-0.2, -0.15) is 0 Å². The van der Waals surface area contributed by atoms with Crippen LogP contribution in [0.2, 0.25) is 0 Å². The van der Waals surface area contributed by atoms with E-state index < -0.39 is 6.04 Å². The van der Waals surface area contributed by atoms with Crippen LogP contribution in [0.1, 0.15) is 43.4 Å². The van der Waals surface area contributed by atoms with Crippen LogP contribution in [0.3, 0.4) is 0 Å². The summed E-state index contributed by atoms with van der Waals surface area (Å²) in [5.74, 6) is 0.421. The fourth-order valence-electron chi connectivity index (χ4n) is 3.05. The van der Waals surface area contributed by atoms with E-state index in [1.807, 2.05) is 25.1 Å². The van der Waals surface area contributed by atoms with E-state index in [9.17, 15) is 14.0 Å². The zero-order valence-electron chi connectivity index (χ0n) is 18.0. The Hall–Kier alpha value is -2.34. The molecule has 162 valence electrons. The summed E-state index contributed by atoms with van der Waals surface area (Å²) in [6, 6.07) is 13.7. The second-order valence-electron chi connectivity index (χ2n) is 7.45. The molecule has 0 heterocycles. The molecule has 6 heteroatoms. The maximum Gasteiger partial charge on any atom is 0.242 e. The van der Waals surface area contributed by atoms with Gasteiger partial charge in [0.1, 0.15) is 11.9 Å². The van der Waals surface area contributed by atoms with Crippen molar-refractivity contribution in [1.82, 2.24) is 10.2 Å². The van der Waals surface area contributed by atoms with Gasteiger partial charge in [0, 0.05) is 18.8 Å². The molecular formula is C24H31FN2O2S. The van der Waals surface area contributed by atoms with E-state index in [0.29, 0.717) is 6.54 Å². The number of rotatable bonds is 11. The normalized spacial score (nSPS) is 11.7. The molecule has 2 rings (SSSR count). The number of halogens is 1. The predicted molar refractivity (Wildman–Crippen MR) is 122 cm³/mol. The lowest BCUT2D eigenvalue weighted by Gasteiger charge is -2.28. The standard InChI is InChI=1S/C24H31FN2O2S/c1-4-5-13-26-24(29)19(3)27(15-20-9-11-22(25)12-10-20)23(28)17-30-16-21-8-6-7-18(2)14-21/h6-12,14,19H,4-5,13,15-17H2,1-3H3,(H,26,29)/t19-/m0/s1. The molecule has 0 aromatic heterocycles. The maximum atomic E-state index is 13.3. The maximum absolute atomic E-state index is 13.3. The molecule has 1 N–H and O–H groups in total. The second kappa shape index (κ2) is 12.4. The van der Waals surface area contributed by atoms with Crippen molar-refractivity contribution in [1.29, 1.82) is 0 Å². The predicted octanol–water partition coefficient (Wildman–Crippen LogP) is 4.70. The first-order valence-electron chi connectivity index (χ1n) is 10.4. The van der Waals surface area contributed by atoms with E-state index in [4.69, 9.17) is 0 Å². The molecule has 0 aliphatic rings. The van der Waals surface area contributed by atoms with Crippen LogP contribution in [0.15, 0.2) is 48.5 Å². The van der Waals surface area contributed by atoms with Crippen molar-refractivity contribution in [3.8, 4) is 0 Å². The SMILES string of the molecule is CCCCNC(=O)[C@H](C)N(Cc1ccc(F)cc1)C(=O)CSCc1cccc(C)c1. The lowest BCUT2D eigenvalue weighted by atomic mass is 10.1. The van der Waals surface area contributed by atoms with E-state index >= 15 is 0 Å². The Kier molecular flexibility index (Phi) is 9.87. The molecule has 0 aliphatic carbocycles. The lowest BCUT2D eigenvalue weighted by molar-refractivity contribution is -0.138. The van der Waals surface area contributed by atoms with Crippen molar-refractivity contribution in [2.24, 2.45) is 0 Å². The summed E-state index contributed by atoms with van der Waals surface area (Å²) in [5.41, 5.74) is 3.15. The zero-order valence-corrected chi connectivity index (χ0v) is 18.8. The number of thioether (sulfide) groups is 1. The first kappa shape index (κ1) is 23.9. The Morgan fingerprint density at radius 1 is 1.13 bits per heavy atom. The Morgan fingerprint density at radius 2 is 1.87 bits per heavy atom. The van der Waals surface area contributed by atoms with Crippen molar-refractivity contribution < 1.29 is 14.0 Å². The molecule has 30 heavy (non-hydrogen) atoms. The van der Waals surface area contributed by atoms with Crippen molar-refractivity contribution in [3.05, 3.63) is 71.0 Å². The minimum absolute atomic E-state index is 0.102. The molecule has 0 bridgehead atoms. The van der Waals surface area contributed by atoms with Gasteiger partial charge in [0.05, 0.1) is 5.75 Å². The summed E-state index contributed by atoms with van der Waals surface area (Å²) >= 11 is 1.53. The highest BCUT2D eigenvalue weighted by Gasteiger charge is 2.25. The Balaban J connectivity index is 2.03. The summed E-state index contributed by atoms with van der Waals surface area (Å²) < 4.78 is 13.3. The lowest BCUT2D eigenvalue weighted by Crippen LogP contribution is -2.48. The van der Waals surface area contributed by atoms with Crippen LogP contribution in [0.5, 0.6) is 0 Å². The monoisotopic (exact) mass is 430 g/mol. The van der Waals surface area contributed by atoms with Gasteiger partial charge in [-0.15, -0.1) is 11.8 Å². The van der Waals surface area contributed by atoms with E-state index in [0.717, 1.165) is 24.2 Å². The first-order chi connectivity index (χ1) is 14.4. The molecular weight excluding hydrogens is 399 g/mol. The minimum atomic E-state index is -0.598. The Bertz CT molecular complexity index is 826. The van der Waals surface area contributed by atoms with Crippen LogP contribution in [0.4, 0.5) is 4.39 Å². The number of carbonyl (C=O) groups excluding carboxylic acids is 2. The van der Waals surface area contributed by atoms with E-state index in [2.05, 4.69) is 18.3 Å². The molecule has 2 aromatic rings. The van der Waals surface area contributed by atoms with Gasteiger partial charge in [0.25, 0.3) is 0 Å². The molecule has 0 aliphatic heterocycles. The average molecular weight is 431 g/mol. The smallest absolute Gasteiger partial charge is 0.242 e. The second-order valence-corrected chi connectivity index (χ2v) is 8.44. The first-order valence-corrected chi connectivity index (χ1v) is 11.5. The van der Waals surface area contributed by atoms with Gasteiger partial charge in [-0.1, -0.05) is 55.3 Å². The number of benzene rings is 2. The minimum Gasteiger partial charge on any atom is -0.354 e. The molecule has 0 fully saturated rings. The van der Waals surface area contributed by atoms with Gasteiger partial charge < -0.3 is 10.2 Å². The van der Waals surface area contributed by atoms with Crippen LogP contribution in [0.25, 0.3) is 0 Å². The molecule has 2 aromatic carbocycles. The number of hydrogen-bond acceptors (Lipinski definition) is 3. The molecule has 0 radical (unpaired) electrons. The van der Waals surface area contributed by atoms with Crippen LogP contribution in [0, 0.1) is 12.7 Å². The molecule has 1 atom stereocenters. The number of nitrogens with one attached hydrogen (secondary N) is 1. The van der Waals surface area contributed by atoms with Crippen molar-refractivity contribution in [3.63, 3.8) is 0 Å². The van der Waals surface area contributed by atoms with Gasteiger partial charge in [-0.3, -0.25) is 9.59 Å². The number of hydrogen-bond donors (Lipinski definition) is 1. The number of unbranched alkanes of at least 4 members (excludes halogenated alkanes) is 1. The van der Waals surface area contributed by atoms with E-state index in [1.54, 1.807) is 24.0 Å². The summed E-state index contributed by atoms with van der Waals surface area (Å²) in [6.45, 7) is 6.72. The quantitative estimate of drug-likeness (QED) is 0.526. The van der Waals surface area contributed by atoms with Gasteiger partial charge >= 0.3 is 0 Å². The highest BCUT2D eigenvalue weighted by Crippen LogP contribution is 2.17. The Labute approximate surface area is 183 Å². The number of carbonyl (C=O) groups is 2. The third-order valence-electron chi connectivity index (χ3n) is 4.84. The van der Waals surface area contributed by atoms with Gasteiger partial charge in [0.2, 0.25) is 11.8 Å². The average Bonchev–Trinajstić information content (AvgIpc) is 2.73. The molecule has 0 saturated carbocycles. The van der Waals surface area contributed by atoms with Crippen LogP contribution >= 0.6 is 11.8 Å². The zero-order chi connectivity index (χ0) is 21.9. The molecule has 0 saturated heterocycles. The van der Waals surface area contributed by atoms with Crippen LogP contribution in [-0.4, -0.2) is 35.1 Å². The van der Waals surface area contributed by atoms with E-state index in [-0.39, 0.29) is 29.9 Å². The number of amides is 2. The van der Waals surface area contributed by atoms with Gasteiger partial charge in [-0.05, 0) is 43.5 Å². The fourth-order valence-corrected chi connectivity index (χ4v) is 3.90. The third kappa shape index (κ3) is 7.82. The molecule has 0 spiro atoms. The Morgan fingerprint density at radius 3 is 2.53 bits per heavy atom. The van der Waals surface area contributed by atoms with Crippen LogP contribution in [-0.2, 0) is 21.9 Å². The summed E-state index contributed by atoms with van der Waals surface area (Å²) in [7, 11) is 0. The largest absolute Gasteiger partial charge is 0.354 e. The highest BCUT2D eigenvalue weighted by atomic mass is 32.2. The molecule has 2 amide bonds. The van der Waals surface area contributed by atoms with Crippen molar-refractivity contribution >= 4 is 23.6 Å². The topological polar surface area (TPSA) is 49.4 Å². The molecule has 4 nitrogen and oxygen atoms in total. The van der Waals surface area contributed by atoms with Crippen LogP contribution < -0.4 is 5.32 Å². The summed E-state index contributed by atoms with van der Waals surface area (Å²) in [4.78, 5) is 27.1. The highest BCUT2D eigenvalue weighted by molar-refractivity contribution is 7.99. The van der Waals surface area contributed by atoms with Gasteiger partial charge in [-0.25, -0.2) is 4.39 Å². The third-order valence-corrected chi connectivity index (χ3v) is 5.83. The van der Waals surface area contributed by atoms with Crippen molar-refractivity contribution in [2.75, 3.05) is 12.3 Å². The van der Waals surface area contributed by atoms with Crippen molar-refractivity contribution in [2.45, 2.75) is 52.0 Å². The summed E-state index contributed by atoms with van der Waals surface area (Å²) in [6.07, 6.45) is 1.89. The number of nitrogens with zero attached hydrogens (tertiary/aromatic N) is 1.